The van der Waals surface area contributed by atoms with Gasteiger partial charge >= 0.3 is 0 Å². The highest BCUT2D eigenvalue weighted by molar-refractivity contribution is 6.28. The van der Waals surface area contributed by atoms with E-state index in [4.69, 9.17) is 13.9 Å². The topological polar surface area (TPSA) is 27.7 Å². The number of hydrogen-bond acceptors (Lipinski definition) is 3. The predicted octanol–water partition coefficient (Wildman–Crippen LogP) is 2.66. The fourth-order valence-electron chi connectivity index (χ4n) is 1.75. The molecule has 0 radical (unpaired) electrons. The van der Waals surface area contributed by atoms with E-state index in [1.807, 2.05) is 13.8 Å². The molecule has 1 atom stereocenters. The van der Waals surface area contributed by atoms with Crippen LogP contribution < -0.4 is 0 Å². The molecule has 0 saturated carbocycles. The molecule has 3 nitrogen and oxygen atoms in total. The molecule has 0 heterocycles. The molecule has 0 aliphatic carbocycles. The predicted molar refractivity (Wildman–Crippen MR) is 74.8 cm³/mol. The van der Waals surface area contributed by atoms with Crippen LogP contribution in [0.3, 0.4) is 0 Å². The fraction of sp³-hybridized carbons (Fsp3) is 1.00. The van der Waals surface area contributed by atoms with Crippen molar-refractivity contribution in [1.82, 2.24) is 0 Å². The van der Waals surface area contributed by atoms with E-state index < -0.39 is 9.76 Å². The first-order valence-corrected chi connectivity index (χ1v) is 8.48. The van der Waals surface area contributed by atoms with Crippen LogP contribution in [-0.2, 0) is 13.9 Å². The van der Waals surface area contributed by atoms with Gasteiger partial charge in [-0.3, -0.25) is 0 Å². The Bertz CT molecular complexity index is 150. The Hall–Kier alpha value is 0.0969. The Morgan fingerprint density at radius 2 is 1.65 bits per heavy atom. The monoisotopic (exact) mass is 262 g/mol. The minimum atomic E-state index is -0.717. The van der Waals surface area contributed by atoms with Crippen LogP contribution in [0.2, 0.25) is 0 Å². The van der Waals surface area contributed by atoms with Crippen molar-refractivity contribution in [2.45, 2.75) is 59.3 Å². The molecule has 0 rings (SSSR count). The molecular formula is C13H30O3Si. The Balaban J connectivity index is 3.67. The molecule has 0 aromatic rings. The molecule has 0 fully saturated rings. The van der Waals surface area contributed by atoms with Crippen LogP contribution in [0.1, 0.15) is 53.4 Å². The molecule has 17 heavy (non-hydrogen) atoms. The van der Waals surface area contributed by atoms with Crippen LogP contribution in [0.15, 0.2) is 0 Å². The van der Waals surface area contributed by atoms with Crippen molar-refractivity contribution >= 4 is 9.76 Å². The first-order chi connectivity index (χ1) is 8.28. The Kier molecular flexibility index (Phi) is 12.6. The summed E-state index contributed by atoms with van der Waals surface area (Å²) < 4.78 is 16.8. The van der Waals surface area contributed by atoms with Crippen molar-refractivity contribution in [2.75, 3.05) is 19.8 Å². The molecule has 0 spiro atoms. The third-order valence-electron chi connectivity index (χ3n) is 2.86. The van der Waals surface area contributed by atoms with Crippen LogP contribution in [0.25, 0.3) is 0 Å². The summed E-state index contributed by atoms with van der Waals surface area (Å²) in [5, 5.41) is 0. The number of hydrogen-bond donors (Lipinski definition) is 0. The summed E-state index contributed by atoms with van der Waals surface area (Å²) in [5.41, 5.74) is 0. The SMILES string of the molecule is CCCCC(CC)CO[SiH2]C(OCC)OCC. The summed E-state index contributed by atoms with van der Waals surface area (Å²) in [6.45, 7) is 10.8. The van der Waals surface area contributed by atoms with Gasteiger partial charge in [-0.2, -0.15) is 0 Å². The summed E-state index contributed by atoms with van der Waals surface area (Å²) in [6.07, 6.45) is 5.08. The largest absolute Gasteiger partial charge is 0.418 e. The standard InChI is InChI=1S/C13H30O3Si/c1-5-9-10-12(6-2)11-16-17-13(14-7-3)15-8-4/h12-13H,5-11,17H2,1-4H3. The van der Waals surface area contributed by atoms with Gasteiger partial charge in [-0.25, -0.2) is 0 Å². The quantitative estimate of drug-likeness (QED) is 0.400. The summed E-state index contributed by atoms with van der Waals surface area (Å²) in [4.78, 5) is 0. The summed E-state index contributed by atoms with van der Waals surface area (Å²) in [6, 6.07) is 0. The molecule has 0 aliphatic rings. The maximum Gasteiger partial charge on any atom is 0.223 e. The van der Waals surface area contributed by atoms with Crippen LogP contribution in [0.5, 0.6) is 0 Å². The highest BCUT2D eigenvalue weighted by Gasteiger charge is 2.11. The van der Waals surface area contributed by atoms with Gasteiger partial charge in [0.2, 0.25) is 9.76 Å². The minimum Gasteiger partial charge on any atom is -0.418 e. The van der Waals surface area contributed by atoms with E-state index >= 15 is 0 Å². The van der Waals surface area contributed by atoms with Gasteiger partial charge in [-0.05, 0) is 26.2 Å². The van der Waals surface area contributed by atoms with E-state index in [0.29, 0.717) is 19.1 Å². The molecule has 0 aromatic heterocycles. The van der Waals surface area contributed by atoms with Crippen LogP contribution in [0.4, 0.5) is 0 Å². The van der Waals surface area contributed by atoms with Gasteiger partial charge in [0, 0.05) is 19.8 Å². The molecule has 0 aromatic carbocycles. The molecule has 0 saturated heterocycles. The van der Waals surface area contributed by atoms with Crippen molar-refractivity contribution in [2.24, 2.45) is 5.92 Å². The minimum absolute atomic E-state index is 0.0614. The van der Waals surface area contributed by atoms with Crippen molar-refractivity contribution in [1.29, 1.82) is 0 Å². The van der Waals surface area contributed by atoms with Crippen LogP contribution in [-0.4, -0.2) is 35.5 Å². The number of ether oxygens (including phenoxy) is 2. The van der Waals surface area contributed by atoms with Crippen molar-refractivity contribution in [3.63, 3.8) is 0 Å². The van der Waals surface area contributed by atoms with E-state index in [1.54, 1.807) is 0 Å². The first kappa shape index (κ1) is 17.1. The van der Waals surface area contributed by atoms with Crippen LogP contribution in [0, 0.1) is 5.92 Å². The Morgan fingerprint density at radius 1 is 1.00 bits per heavy atom. The highest BCUT2D eigenvalue weighted by atomic mass is 28.2. The first-order valence-electron chi connectivity index (χ1n) is 7.09. The lowest BCUT2D eigenvalue weighted by atomic mass is 10.0. The van der Waals surface area contributed by atoms with Gasteiger partial charge in [0.15, 0.2) is 5.91 Å². The second kappa shape index (κ2) is 12.6. The van der Waals surface area contributed by atoms with E-state index in [-0.39, 0.29) is 5.91 Å². The Labute approximate surface area is 109 Å². The summed E-state index contributed by atoms with van der Waals surface area (Å²) >= 11 is 0. The van der Waals surface area contributed by atoms with E-state index in [9.17, 15) is 0 Å². The summed E-state index contributed by atoms with van der Waals surface area (Å²) in [5.74, 6) is 0.653. The van der Waals surface area contributed by atoms with Gasteiger partial charge < -0.3 is 13.9 Å². The van der Waals surface area contributed by atoms with Gasteiger partial charge in [0.1, 0.15) is 0 Å². The normalized spacial score (nSPS) is 13.9. The van der Waals surface area contributed by atoms with Gasteiger partial charge in [0.25, 0.3) is 0 Å². The molecule has 104 valence electrons. The van der Waals surface area contributed by atoms with Gasteiger partial charge in [-0.1, -0.05) is 33.1 Å². The molecule has 0 bridgehead atoms. The molecule has 0 aliphatic heterocycles. The van der Waals surface area contributed by atoms with Crippen molar-refractivity contribution in [3.05, 3.63) is 0 Å². The lowest BCUT2D eigenvalue weighted by molar-refractivity contribution is -0.0904. The Morgan fingerprint density at radius 3 is 2.12 bits per heavy atom. The molecule has 0 N–H and O–H groups in total. The zero-order chi connectivity index (χ0) is 12.9. The van der Waals surface area contributed by atoms with Crippen molar-refractivity contribution < 1.29 is 13.9 Å². The molecule has 1 unspecified atom stereocenters. The number of unbranched alkanes of at least 4 members (excludes halogenated alkanes) is 1. The van der Waals surface area contributed by atoms with Crippen LogP contribution >= 0.6 is 0 Å². The average Bonchev–Trinajstić information content (AvgIpc) is 2.34. The van der Waals surface area contributed by atoms with Crippen molar-refractivity contribution in [3.8, 4) is 0 Å². The highest BCUT2D eigenvalue weighted by Crippen LogP contribution is 2.12. The zero-order valence-corrected chi connectivity index (χ0v) is 13.5. The maximum absolute atomic E-state index is 5.84. The molecule has 4 heteroatoms. The second-order valence-electron chi connectivity index (χ2n) is 4.29. The lowest BCUT2D eigenvalue weighted by Gasteiger charge is -2.19. The number of rotatable bonds is 12. The molecular weight excluding hydrogens is 232 g/mol. The summed E-state index contributed by atoms with van der Waals surface area (Å²) in [7, 11) is -0.717. The second-order valence-corrected chi connectivity index (χ2v) is 5.70. The third-order valence-corrected chi connectivity index (χ3v) is 4.07. The lowest BCUT2D eigenvalue weighted by Crippen LogP contribution is -2.28. The van der Waals surface area contributed by atoms with Gasteiger partial charge in [-0.15, -0.1) is 0 Å². The third kappa shape index (κ3) is 9.77. The maximum atomic E-state index is 5.84. The average molecular weight is 262 g/mol. The smallest absolute Gasteiger partial charge is 0.223 e. The zero-order valence-electron chi connectivity index (χ0n) is 12.0. The van der Waals surface area contributed by atoms with E-state index in [0.717, 1.165) is 6.61 Å². The van der Waals surface area contributed by atoms with E-state index in [2.05, 4.69) is 13.8 Å². The molecule has 0 amide bonds. The fourth-order valence-corrected chi connectivity index (χ4v) is 3.07. The van der Waals surface area contributed by atoms with E-state index in [1.165, 1.54) is 25.7 Å². The van der Waals surface area contributed by atoms with Gasteiger partial charge in [0.05, 0.1) is 0 Å².